The van der Waals surface area contributed by atoms with Crippen molar-refractivity contribution in [3.63, 3.8) is 0 Å². The van der Waals surface area contributed by atoms with Gasteiger partial charge in [0, 0.05) is 12.5 Å². The maximum atomic E-state index is 12.7. The molecular weight excluding hydrogens is 163 g/mol. The third-order valence-corrected chi connectivity index (χ3v) is 1.19. The number of carbonyl (C=O) groups is 1. The zero-order valence-corrected chi connectivity index (χ0v) is 7.21. The smallest absolute Gasteiger partial charge is 0.366 e. The lowest BCUT2D eigenvalue weighted by Gasteiger charge is -2.01. The van der Waals surface area contributed by atoms with Crippen molar-refractivity contribution in [1.82, 2.24) is 0 Å². The number of halogens is 1. The molecule has 0 amide bonds. The Morgan fingerprint density at radius 3 is 2.75 bits per heavy atom. The number of aliphatic hydroxyl groups is 1. The van der Waals surface area contributed by atoms with Crippen LogP contribution in [0.1, 0.15) is 13.8 Å². The molecule has 12 heavy (non-hydrogen) atoms. The zero-order chi connectivity index (χ0) is 9.56. The van der Waals surface area contributed by atoms with Crippen molar-refractivity contribution >= 4 is 5.97 Å². The van der Waals surface area contributed by atoms with Crippen molar-refractivity contribution in [3.8, 4) is 0 Å². The van der Waals surface area contributed by atoms with Crippen LogP contribution in [0.3, 0.4) is 0 Å². The van der Waals surface area contributed by atoms with Gasteiger partial charge in [-0.2, -0.15) is 4.39 Å². The normalized spacial score (nSPS) is 14.2. The third kappa shape index (κ3) is 4.08. The molecule has 0 saturated heterocycles. The fourth-order valence-corrected chi connectivity index (χ4v) is 0.571. The number of hydrogen-bond acceptors (Lipinski definition) is 3. The summed E-state index contributed by atoms with van der Waals surface area (Å²) in [7, 11) is 0. The quantitative estimate of drug-likeness (QED) is 0.514. The molecule has 0 bridgehead atoms. The van der Waals surface area contributed by atoms with Crippen LogP contribution < -0.4 is 0 Å². The van der Waals surface area contributed by atoms with Crippen LogP contribution in [-0.4, -0.2) is 24.3 Å². The second kappa shape index (κ2) is 5.71. The molecule has 0 aliphatic rings. The van der Waals surface area contributed by atoms with E-state index in [0.717, 1.165) is 6.08 Å². The van der Waals surface area contributed by atoms with Crippen LogP contribution >= 0.6 is 0 Å². The Morgan fingerprint density at radius 2 is 2.33 bits per heavy atom. The molecule has 0 aromatic heterocycles. The van der Waals surface area contributed by atoms with Gasteiger partial charge in [0.2, 0.25) is 5.83 Å². The molecule has 0 rings (SSSR count). The molecule has 0 aliphatic carbocycles. The maximum Gasteiger partial charge on any atom is 0.366 e. The molecule has 0 unspecified atom stereocenters. The van der Waals surface area contributed by atoms with Gasteiger partial charge in [-0.25, -0.2) is 4.79 Å². The van der Waals surface area contributed by atoms with Crippen LogP contribution in [0.15, 0.2) is 11.9 Å². The van der Waals surface area contributed by atoms with E-state index in [9.17, 15) is 9.18 Å². The fraction of sp³-hybridized carbons (Fsp3) is 0.625. The minimum Gasteiger partial charge on any atom is -0.461 e. The lowest BCUT2D eigenvalue weighted by molar-refractivity contribution is -0.140. The summed E-state index contributed by atoms with van der Waals surface area (Å²) < 4.78 is 17.1. The topological polar surface area (TPSA) is 46.5 Å². The zero-order valence-electron chi connectivity index (χ0n) is 7.21. The third-order valence-electron chi connectivity index (χ3n) is 1.19. The average Bonchev–Trinajstić information content (AvgIpc) is 2.04. The summed E-state index contributed by atoms with van der Waals surface area (Å²) in [5.74, 6) is -2.29. The first-order valence-electron chi connectivity index (χ1n) is 3.77. The average molecular weight is 176 g/mol. The van der Waals surface area contributed by atoms with Crippen LogP contribution in [0.2, 0.25) is 0 Å². The summed E-state index contributed by atoms with van der Waals surface area (Å²) in [5.41, 5.74) is 0. The van der Waals surface area contributed by atoms with E-state index < -0.39 is 11.8 Å². The van der Waals surface area contributed by atoms with Gasteiger partial charge in [0.05, 0.1) is 6.61 Å². The number of rotatable bonds is 4. The van der Waals surface area contributed by atoms with Crippen molar-refractivity contribution < 1.29 is 19.0 Å². The highest BCUT2D eigenvalue weighted by Gasteiger charge is 2.10. The van der Waals surface area contributed by atoms with Gasteiger partial charge in [-0.05, 0) is 13.0 Å². The molecule has 70 valence electrons. The van der Waals surface area contributed by atoms with Gasteiger partial charge >= 0.3 is 5.97 Å². The molecule has 3 nitrogen and oxygen atoms in total. The molecule has 0 spiro atoms. The highest BCUT2D eigenvalue weighted by Crippen LogP contribution is 2.05. The number of hydrogen-bond donors (Lipinski definition) is 1. The van der Waals surface area contributed by atoms with Gasteiger partial charge in [0.1, 0.15) is 0 Å². The van der Waals surface area contributed by atoms with E-state index in [0.29, 0.717) is 0 Å². The lowest BCUT2D eigenvalue weighted by Crippen LogP contribution is -2.06. The van der Waals surface area contributed by atoms with E-state index >= 15 is 0 Å². The summed E-state index contributed by atoms with van der Waals surface area (Å²) in [4.78, 5) is 10.6. The summed E-state index contributed by atoms with van der Waals surface area (Å²) in [5, 5.41) is 8.53. The molecule has 0 aromatic carbocycles. The minimum atomic E-state index is -0.974. The molecule has 0 aliphatic heterocycles. The predicted octanol–water partition coefficient (Wildman–Crippen LogP) is 1.03. The molecule has 0 heterocycles. The highest BCUT2D eigenvalue weighted by molar-refractivity contribution is 5.85. The highest BCUT2D eigenvalue weighted by atomic mass is 19.1. The van der Waals surface area contributed by atoms with E-state index in [1.807, 2.05) is 0 Å². The molecular formula is C8H13FO3. The van der Waals surface area contributed by atoms with Crippen LogP contribution in [0.4, 0.5) is 4.39 Å². The Balaban J connectivity index is 4.07. The second-order valence-corrected chi connectivity index (χ2v) is 2.39. The molecule has 0 aromatic rings. The van der Waals surface area contributed by atoms with Gasteiger partial charge in [0.15, 0.2) is 0 Å². The molecule has 1 N–H and O–H groups in total. The monoisotopic (exact) mass is 176 g/mol. The van der Waals surface area contributed by atoms with E-state index in [2.05, 4.69) is 4.74 Å². The van der Waals surface area contributed by atoms with Crippen LogP contribution in [0.5, 0.6) is 0 Å². The minimum absolute atomic E-state index is 0.146. The van der Waals surface area contributed by atoms with Gasteiger partial charge in [-0.1, -0.05) is 6.92 Å². The Kier molecular flexibility index (Phi) is 5.28. The van der Waals surface area contributed by atoms with Crippen LogP contribution in [0.25, 0.3) is 0 Å². The Bertz CT molecular complexity index is 177. The Morgan fingerprint density at radius 1 is 1.75 bits per heavy atom. The molecule has 0 radical (unpaired) electrons. The second-order valence-electron chi connectivity index (χ2n) is 2.39. The molecule has 1 atom stereocenters. The molecule has 0 fully saturated rings. The van der Waals surface area contributed by atoms with Crippen LogP contribution in [0, 0.1) is 5.92 Å². The first-order chi connectivity index (χ1) is 5.61. The van der Waals surface area contributed by atoms with E-state index in [1.165, 1.54) is 0 Å². The summed E-state index contributed by atoms with van der Waals surface area (Å²) >= 11 is 0. The summed E-state index contributed by atoms with van der Waals surface area (Å²) in [6, 6.07) is 0. The van der Waals surface area contributed by atoms with E-state index in [-0.39, 0.29) is 19.1 Å². The van der Waals surface area contributed by atoms with Crippen molar-refractivity contribution in [3.05, 3.63) is 11.9 Å². The van der Waals surface area contributed by atoms with Gasteiger partial charge in [-0.15, -0.1) is 0 Å². The van der Waals surface area contributed by atoms with Crippen molar-refractivity contribution in [1.29, 1.82) is 0 Å². The first-order valence-corrected chi connectivity index (χ1v) is 3.77. The van der Waals surface area contributed by atoms with Crippen molar-refractivity contribution in [2.75, 3.05) is 13.2 Å². The van der Waals surface area contributed by atoms with E-state index in [4.69, 9.17) is 5.11 Å². The lowest BCUT2D eigenvalue weighted by atomic mass is 10.2. The Hall–Kier alpha value is -0.900. The number of ether oxygens (including phenoxy) is 1. The number of carbonyl (C=O) groups excluding carboxylic acids is 1. The molecule has 0 saturated carbocycles. The SMILES string of the molecule is CCOC(=O)/C(F)=C/[C@@H](C)CO. The first kappa shape index (κ1) is 11.1. The fourth-order valence-electron chi connectivity index (χ4n) is 0.571. The van der Waals surface area contributed by atoms with Gasteiger partial charge < -0.3 is 9.84 Å². The number of aliphatic hydroxyl groups excluding tert-OH is 1. The standard InChI is InChI=1S/C8H13FO3/c1-3-12-8(11)7(9)4-6(2)5-10/h4,6,10H,3,5H2,1-2H3/b7-4-/t6-/m1/s1. The summed E-state index contributed by atoms with van der Waals surface area (Å²) in [6.07, 6.45) is 1.04. The predicted molar refractivity (Wildman–Crippen MR) is 42.1 cm³/mol. The van der Waals surface area contributed by atoms with E-state index in [1.54, 1.807) is 13.8 Å². The van der Waals surface area contributed by atoms with Crippen molar-refractivity contribution in [2.45, 2.75) is 13.8 Å². The van der Waals surface area contributed by atoms with Gasteiger partial charge in [0.25, 0.3) is 0 Å². The maximum absolute atomic E-state index is 12.7. The Labute approximate surface area is 70.8 Å². The van der Waals surface area contributed by atoms with Crippen LogP contribution in [-0.2, 0) is 9.53 Å². The van der Waals surface area contributed by atoms with Crippen molar-refractivity contribution in [2.24, 2.45) is 5.92 Å². The van der Waals surface area contributed by atoms with Gasteiger partial charge in [-0.3, -0.25) is 0 Å². The largest absolute Gasteiger partial charge is 0.461 e. The summed E-state index contributed by atoms with van der Waals surface area (Å²) in [6.45, 7) is 3.15. The molecule has 4 heteroatoms. The number of esters is 1.